The summed E-state index contributed by atoms with van der Waals surface area (Å²) in [6, 6.07) is 4.70. The van der Waals surface area contributed by atoms with Gasteiger partial charge in [0.1, 0.15) is 0 Å². The Kier molecular flexibility index (Phi) is 5.67. The van der Waals surface area contributed by atoms with Crippen LogP contribution in [0.15, 0.2) is 23.1 Å². The number of aryl methyl sites for hydroxylation is 1. The molecule has 1 amide bonds. The van der Waals surface area contributed by atoms with E-state index in [1.54, 1.807) is 26.0 Å². The zero-order valence-electron chi connectivity index (χ0n) is 11.8. The van der Waals surface area contributed by atoms with Gasteiger partial charge in [-0.2, -0.15) is 0 Å². The van der Waals surface area contributed by atoms with Crippen molar-refractivity contribution in [1.29, 1.82) is 0 Å². The smallest absolute Gasteiger partial charge is 0.240 e. The minimum absolute atomic E-state index is 0.120. The van der Waals surface area contributed by atoms with E-state index in [0.717, 1.165) is 0 Å². The summed E-state index contributed by atoms with van der Waals surface area (Å²) in [4.78, 5) is 11.1. The Labute approximate surface area is 119 Å². The maximum absolute atomic E-state index is 12.2. The Morgan fingerprint density at radius 2 is 2.05 bits per heavy atom. The van der Waals surface area contributed by atoms with Gasteiger partial charge < -0.3 is 10.4 Å². The molecule has 7 heteroatoms. The Bertz CT molecular complexity index is 582. The fraction of sp³-hybridized carbons (Fsp3) is 0.462. The van der Waals surface area contributed by atoms with Crippen molar-refractivity contribution < 1.29 is 18.3 Å². The lowest BCUT2D eigenvalue weighted by Crippen LogP contribution is -2.27. The highest BCUT2D eigenvalue weighted by atomic mass is 32.2. The van der Waals surface area contributed by atoms with Crippen LogP contribution in [-0.2, 0) is 14.8 Å². The van der Waals surface area contributed by atoms with E-state index in [4.69, 9.17) is 5.11 Å². The Balaban J connectivity index is 2.95. The van der Waals surface area contributed by atoms with Crippen LogP contribution in [-0.4, -0.2) is 32.1 Å². The van der Waals surface area contributed by atoms with Crippen LogP contribution in [0.4, 0.5) is 5.69 Å². The lowest BCUT2D eigenvalue weighted by Gasteiger charge is -2.12. The van der Waals surface area contributed by atoms with Gasteiger partial charge in [-0.15, -0.1) is 0 Å². The Hall–Kier alpha value is -1.44. The van der Waals surface area contributed by atoms with Crippen molar-refractivity contribution in [3.63, 3.8) is 0 Å². The van der Waals surface area contributed by atoms with E-state index >= 15 is 0 Å². The molecule has 1 unspecified atom stereocenters. The molecule has 0 aliphatic rings. The molecule has 1 aromatic carbocycles. The van der Waals surface area contributed by atoms with Gasteiger partial charge in [-0.3, -0.25) is 4.79 Å². The third-order valence-electron chi connectivity index (χ3n) is 2.65. The highest BCUT2D eigenvalue weighted by Gasteiger charge is 2.17. The van der Waals surface area contributed by atoms with E-state index in [1.807, 2.05) is 0 Å². The van der Waals surface area contributed by atoms with Crippen LogP contribution in [0.2, 0.25) is 0 Å². The van der Waals surface area contributed by atoms with E-state index in [9.17, 15) is 13.2 Å². The summed E-state index contributed by atoms with van der Waals surface area (Å²) in [5, 5.41) is 11.7. The van der Waals surface area contributed by atoms with Crippen molar-refractivity contribution in [2.45, 2.75) is 38.2 Å². The normalized spacial score (nSPS) is 13.0. The van der Waals surface area contributed by atoms with E-state index in [-0.39, 0.29) is 17.3 Å². The molecule has 0 aromatic heterocycles. The molecule has 0 aliphatic carbocycles. The highest BCUT2D eigenvalue weighted by Crippen LogP contribution is 2.20. The molecule has 20 heavy (non-hydrogen) atoms. The fourth-order valence-corrected chi connectivity index (χ4v) is 2.97. The molecule has 1 atom stereocenters. The number of anilines is 1. The van der Waals surface area contributed by atoms with Crippen molar-refractivity contribution in [2.75, 3.05) is 11.9 Å². The monoisotopic (exact) mass is 300 g/mol. The molecule has 112 valence electrons. The molecule has 0 bridgehead atoms. The molecule has 0 saturated heterocycles. The van der Waals surface area contributed by atoms with Gasteiger partial charge in [-0.1, -0.05) is 6.07 Å². The van der Waals surface area contributed by atoms with Gasteiger partial charge in [-0.25, -0.2) is 13.1 Å². The third kappa shape index (κ3) is 4.92. The van der Waals surface area contributed by atoms with Gasteiger partial charge >= 0.3 is 0 Å². The van der Waals surface area contributed by atoms with Gasteiger partial charge in [0.05, 0.1) is 11.0 Å². The van der Waals surface area contributed by atoms with Crippen molar-refractivity contribution in [1.82, 2.24) is 4.72 Å². The molecule has 0 saturated carbocycles. The zero-order valence-corrected chi connectivity index (χ0v) is 12.6. The Morgan fingerprint density at radius 3 is 2.60 bits per heavy atom. The number of rotatable bonds is 6. The van der Waals surface area contributed by atoms with Crippen LogP contribution in [0.1, 0.15) is 25.8 Å². The molecular formula is C13H20N2O4S. The zero-order chi connectivity index (χ0) is 15.3. The van der Waals surface area contributed by atoms with E-state index in [2.05, 4.69) is 10.0 Å². The maximum atomic E-state index is 12.2. The van der Waals surface area contributed by atoms with Crippen LogP contribution >= 0.6 is 0 Å². The number of aliphatic hydroxyl groups is 1. The van der Waals surface area contributed by atoms with Crippen LogP contribution in [0.5, 0.6) is 0 Å². The summed E-state index contributed by atoms with van der Waals surface area (Å²) in [5.74, 6) is -0.265. The first kappa shape index (κ1) is 16.6. The molecular weight excluding hydrogens is 280 g/mol. The topological polar surface area (TPSA) is 95.5 Å². The minimum atomic E-state index is -3.66. The van der Waals surface area contributed by atoms with Crippen LogP contribution in [0.3, 0.4) is 0 Å². The van der Waals surface area contributed by atoms with E-state index in [0.29, 0.717) is 17.7 Å². The molecule has 0 heterocycles. The molecule has 1 rings (SSSR count). The number of amides is 1. The van der Waals surface area contributed by atoms with E-state index in [1.165, 1.54) is 13.0 Å². The minimum Gasteiger partial charge on any atom is -0.393 e. The molecule has 0 spiro atoms. The summed E-state index contributed by atoms with van der Waals surface area (Å²) in [7, 11) is -3.66. The van der Waals surface area contributed by atoms with Gasteiger partial charge in [0, 0.05) is 19.2 Å². The Morgan fingerprint density at radius 1 is 1.40 bits per heavy atom. The van der Waals surface area contributed by atoms with Gasteiger partial charge in [-0.05, 0) is 38.0 Å². The van der Waals surface area contributed by atoms with Crippen molar-refractivity contribution in [3.05, 3.63) is 23.8 Å². The quantitative estimate of drug-likeness (QED) is 0.730. The highest BCUT2D eigenvalue weighted by molar-refractivity contribution is 7.89. The molecule has 0 aliphatic heterocycles. The third-order valence-corrected chi connectivity index (χ3v) is 4.26. The molecule has 1 aromatic rings. The van der Waals surface area contributed by atoms with Crippen LogP contribution in [0.25, 0.3) is 0 Å². The number of hydrogen-bond acceptors (Lipinski definition) is 4. The molecule has 0 radical (unpaired) electrons. The summed E-state index contributed by atoms with van der Waals surface area (Å²) in [6.07, 6.45) is -0.228. The first-order valence-corrected chi connectivity index (χ1v) is 7.76. The number of hydrogen-bond donors (Lipinski definition) is 3. The predicted octanol–water partition coefficient (Wildman–Crippen LogP) is 1.00. The second-order valence-corrected chi connectivity index (χ2v) is 6.43. The van der Waals surface area contributed by atoms with Gasteiger partial charge in [0.25, 0.3) is 0 Å². The predicted molar refractivity (Wildman–Crippen MR) is 77.0 cm³/mol. The summed E-state index contributed by atoms with van der Waals surface area (Å²) in [6.45, 7) is 4.79. The average Bonchev–Trinajstić information content (AvgIpc) is 2.30. The number of carbonyl (C=O) groups is 1. The lowest BCUT2D eigenvalue weighted by molar-refractivity contribution is -0.114. The van der Waals surface area contributed by atoms with Crippen molar-refractivity contribution in [3.8, 4) is 0 Å². The van der Waals surface area contributed by atoms with Gasteiger partial charge in [0.15, 0.2) is 0 Å². The number of benzene rings is 1. The number of sulfonamides is 1. The SMILES string of the molecule is CC(=O)Nc1ccc(C)c(S(=O)(=O)NCCC(C)O)c1. The summed E-state index contributed by atoms with van der Waals surface area (Å²) < 4.78 is 26.8. The second kappa shape index (κ2) is 6.83. The van der Waals surface area contributed by atoms with Crippen molar-refractivity contribution in [2.24, 2.45) is 0 Å². The first-order valence-electron chi connectivity index (χ1n) is 6.28. The molecule has 3 N–H and O–H groups in total. The number of nitrogens with one attached hydrogen (secondary N) is 2. The van der Waals surface area contributed by atoms with Crippen LogP contribution < -0.4 is 10.0 Å². The summed E-state index contributed by atoms with van der Waals surface area (Å²) in [5.41, 5.74) is 1.02. The largest absolute Gasteiger partial charge is 0.393 e. The summed E-state index contributed by atoms with van der Waals surface area (Å²) >= 11 is 0. The second-order valence-electron chi connectivity index (χ2n) is 4.70. The van der Waals surface area contributed by atoms with Crippen molar-refractivity contribution >= 4 is 21.6 Å². The number of carbonyl (C=O) groups excluding carboxylic acids is 1. The standard InChI is InChI=1S/C13H20N2O4S/c1-9-4-5-12(15-11(3)17)8-13(9)20(18,19)14-7-6-10(2)16/h4-5,8,10,14,16H,6-7H2,1-3H3,(H,15,17). The average molecular weight is 300 g/mol. The van der Waals surface area contributed by atoms with E-state index < -0.39 is 16.1 Å². The first-order chi connectivity index (χ1) is 9.22. The maximum Gasteiger partial charge on any atom is 0.240 e. The number of aliphatic hydroxyl groups excluding tert-OH is 1. The molecule has 6 nitrogen and oxygen atoms in total. The van der Waals surface area contributed by atoms with Gasteiger partial charge in [0.2, 0.25) is 15.9 Å². The molecule has 0 fully saturated rings. The fourth-order valence-electron chi connectivity index (χ4n) is 1.65. The lowest BCUT2D eigenvalue weighted by atomic mass is 10.2. The van der Waals surface area contributed by atoms with Crippen LogP contribution in [0, 0.1) is 6.92 Å².